The number of benzene rings is 2. The van der Waals surface area contributed by atoms with Gasteiger partial charge in [0.1, 0.15) is 22.9 Å². The van der Waals surface area contributed by atoms with Crippen molar-refractivity contribution >= 4 is 17.4 Å². The molecular weight excluding hydrogens is 434 g/mol. The highest BCUT2D eigenvalue weighted by Gasteiger charge is 2.40. The second-order valence-electron chi connectivity index (χ2n) is 7.85. The van der Waals surface area contributed by atoms with E-state index in [4.69, 9.17) is 4.74 Å². The fraction of sp³-hybridized carbons (Fsp3) is 0.208. The fourth-order valence-electron chi connectivity index (χ4n) is 3.69. The lowest BCUT2D eigenvalue weighted by Crippen LogP contribution is -2.48. The number of nitrogens with zero attached hydrogens (tertiary/aromatic N) is 1. The number of anilines is 1. The number of ether oxygens (including phenoxy) is 1. The third-order valence-electron chi connectivity index (χ3n) is 5.50. The summed E-state index contributed by atoms with van der Waals surface area (Å²) in [7, 11) is 0. The Labute approximate surface area is 187 Å². The number of nitrogens with one attached hydrogen (secondary N) is 1. The van der Waals surface area contributed by atoms with Crippen molar-refractivity contribution in [3.63, 3.8) is 0 Å². The molecule has 33 heavy (non-hydrogen) atoms. The lowest BCUT2D eigenvalue weighted by Gasteiger charge is -2.35. The molecule has 170 valence electrons. The highest BCUT2D eigenvalue weighted by Crippen LogP contribution is 2.37. The zero-order valence-electron chi connectivity index (χ0n) is 17.6. The second kappa shape index (κ2) is 8.68. The van der Waals surface area contributed by atoms with E-state index >= 15 is 0 Å². The maximum Gasteiger partial charge on any atom is 0.261 e. The van der Waals surface area contributed by atoms with Crippen molar-refractivity contribution in [3.8, 4) is 17.0 Å². The Bertz CT molecular complexity index is 1220. The van der Waals surface area contributed by atoms with E-state index in [9.17, 15) is 28.6 Å². The number of hydrogen-bond donors (Lipinski definition) is 3. The molecule has 7 nitrogen and oxygen atoms in total. The largest absolute Gasteiger partial charge is 0.481 e. The number of fused-ring (bicyclic) bond motifs is 1. The molecule has 1 aliphatic rings. The molecule has 1 aliphatic heterocycles. The van der Waals surface area contributed by atoms with Crippen LogP contribution in [-0.4, -0.2) is 45.7 Å². The maximum absolute atomic E-state index is 13.8. The van der Waals surface area contributed by atoms with Crippen molar-refractivity contribution < 1.29 is 33.3 Å². The quantitative estimate of drug-likeness (QED) is 0.546. The molecule has 0 radical (unpaired) electrons. The molecular formula is C24H20F2N2O5. The van der Waals surface area contributed by atoms with Gasteiger partial charge in [0, 0.05) is 5.56 Å². The monoisotopic (exact) mass is 454 g/mol. The van der Waals surface area contributed by atoms with E-state index in [0.29, 0.717) is 16.8 Å². The van der Waals surface area contributed by atoms with Crippen LogP contribution >= 0.6 is 0 Å². The SMILES string of the molecule is Cc1cc2c(cc1-c1ccc(NC(=O)c3c(F)cccc3F)cn1)OC(CO)(CO)CC2=O. The molecule has 0 aliphatic carbocycles. The van der Waals surface area contributed by atoms with Gasteiger partial charge in [-0.15, -0.1) is 0 Å². The summed E-state index contributed by atoms with van der Waals surface area (Å²) in [5.74, 6) is -2.91. The molecule has 1 amide bonds. The maximum atomic E-state index is 13.8. The minimum atomic E-state index is -1.39. The number of aliphatic hydroxyl groups excluding tert-OH is 2. The normalized spacial score (nSPS) is 14.4. The molecule has 0 atom stereocenters. The molecule has 0 bridgehead atoms. The summed E-state index contributed by atoms with van der Waals surface area (Å²) in [5, 5.41) is 21.6. The number of aliphatic hydroxyl groups is 2. The van der Waals surface area contributed by atoms with Crippen molar-refractivity contribution in [2.24, 2.45) is 0 Å². The number of Topliss-reactive ketones (excluding diaryl/α,β-unsaturated/α-hetero) is 1. The average molecular weight is 454 g/mol. The van der Waals surface area contributed by atoms with E-state index in [1.165, 1.54) is 18.3 Å². The van der Waals surface area contributed by atoms with E-state index in [-0.39, 0.29) is 23.6 Å². The van der Waals surface area contributed by atoms with Crippen molar-refractivity contribution in [2.75, 3.05) is 18.5 Å². The highest BCUT2D eigenvalue weighted by molar-refractivity contribution is 6.04. The van der Waals surface area contributed by atoms with E-state index in [2.05, 4.69) is 10.3 Å². The first-order chi connectivity index (χ1) is 15.8. The lowest BCUT2D eigenvalue weighted by atomic mass is 9.89. The average Bonchev–Trinajstić information content (AvgIpc) is 2.79. The molecule has 0 spiro atoms. The van der Waals surface area contributed by atoms with Gasteiger partial charge in [-0.05, 0) is 48.9 Å². The number of rotatable bonds is 5. The Morgan fingerprint density at radius 1 is 1.12 bits per heavy atom. The fourth-order valence-corrected chi connectivity index (χ4v) is 3.69. The first-order valence-electron chi connectivity index (χ1n) is 10.1. The summed E-state index contributed by atoms with van der Waals surface area (Å²) in [4.78, 5) is 29.1. The number of amides is 1. The number of pyridine rings is 1. The van der Waals surface area contributed by atoms with Crippen LogP contribution < -0.4 is 10.1 Å². The Morgan fingerprint density at radius 2 is 1.82 bits per heavy atom. The molecule has 2 aromatic carbocycles. The molecule has 0 saturated heterocycles. The summed E-state index contributed by atoms with van der Waals surface area (Å²) >= 11 is 0. The summed E-state index contributed by atoms with van der Waals surface area (Å²) in [6, 6.07) is 9.54. The molecule has 2 heterocycles. The minimum absolute atomic E-state index is 0.138. The van der Waals surface area contributed by atoms with Gasteiger partial charge in [-0.2, -0.15) is 0 Å². The van der Waals surface area contributed by atoms with Gasteiger partial charge in [-0.3, -0.25) is 14.6 Å². The van der Waals surface area contributed by atoms with Crippen LogP contribution in [0.25, 0.3) is 11.3 Å². The van der Waals surface area contributed by atoms with E-state index in [1.807, 2.05) is 0 Å². The van der Waals surface area contributed by atoms with Crippen LogP contribution in [-0.2, 0) is 0 Å². The second-order valence-corrected chi connectivity index (χ2v) is 7.85. The molecule has 3 aromatic rings. The standard InChI is InChI=1S/C24H20F2N2O5/c1-13-7-16-20(31)9-24(11-29,12-30)33-21(16)8-15(13)19-6-5-14(10-27-19)28-23(32)22-17(25)3-2-4-18(22)26/h2-8,10,29-30H,9,11-12H2,1H3,(H,28,32). The topological polar surface area (TPSA) is 109 Å². The Kier molecular flexibility index (Phi) is 5.92. The van der Waals surface area contributed by atoms with Crippen LogP contribution in [0.1, 0.15) is 32.7 Å². The van der Waals surface area contributed by atoms with Gasteiger partial charge < -0.3 is 20.3 Å². The molecule has 9 heteroatoms. The number of ketones is 1. The summed E-state index contributed by atoms with van der Waals surface area (Å²) in [6.07, 6.45) is 1.20. The zero-order chi connectivity index (χ0) is 23.8. The molecule has 4 rings (SSSR count). The van der Waals surface area contributed by atoms with E-state index in [0.717, 1.165) is 17.7 Å². The molecule has 3 N–H and O–H groups in total. The van der Waals surface area contributed by atoms with Gasteiger partial charge in [0.15, 0.2) is 11.4 Å². The highest BCUT2D eigenvalue weighted by atomic mass is 19.1. The summed E-state index contributed by atoms with van der Waals surface area (Å²) < 4.78 is 33.4. The minimum Gasteiger partial charge on any atom is -0.481 e. The predicted molar refractivity (Wildman–Crippen MR) is 115 cm³/mol. The van der Waals surface area contributed by atoms with Gasteiger partial charge >= 0.3 is 0 Å². The van der Waals surface area contributed by atoms with Crippen LogP contribution in [0.4, 0.5) is 14.5 Å². The molecule has 1 aromatic heterocycles. The third-order valence-corrected chi connectivity index (χ3v) is 5.50. The zero-order valence-corrected chi connectivity index (χ0v) is 17.6. The van der Waals surface area contributed by atoms with Gasteiger partial charge in [-0.25, -0.2) is 8.78 Å². The number of carbonyl (C=O) groups is 2. The Hall–Kier alpha value is -3.69. The van der Waals surface area contributed by atoms with Gasteiger partial charge in [0.2, 0.25) is 0 Å². The molecule has 0 saturated carbocycles. The van der Waals surface area contributed by atoms with Crippen molar-refractivity contribution in [1.29, 1.82) is 0 Å². The van der Waals surface area contributed by atoms with Crippen molar-refractivity contribution in [2.45, 2.75) is 18.9 Å². The molecule has 0 unspecified atom stereocenters. The predicted octanol–water partition coefficient (Wildman–Crippen LogP) is 3.28. The summed E-state index contributed by atoms with van der Waals surface area (Å²) in [6.45, 7) is 0.751. The van der Waals surface area contributed by atoms with Gasteiger partial charge in [0.25, 0.3) is 5.91 Å². The molecule has 0 fully saturated rings. The number of halogens is 2. The van der Waals surface area contributed by atoms with Crippen LogP contribution in [0.5, 0.6) is 5.75 Å². The van der Waals surface area contributed by atoms with Gasteiger partial charge in [-0.1, -0.05) is 6.07 Å². The lowest BCUT2D eigenvalue weighted by molar-refractivity contribution is -0.0403. The van der Waals surface area contributed by atoms with Crippen LogP contribution in [0.3, 0.4) is 0 Å². The Balaban J connectivity index is 1.61. The first kappa shape index (κ1) is 22.5. The smallest absolute Gasteiger partial charge is 0.261 e. The van der Waals surface area contributed by atoms with Crippen molar-refractivity contribution in [1.82, 2.24) is 4.98 Å². The van der Waals surface area contributed by atoms with Crippen LogP contribution in [0.15, 0.2) is 48.7 Å². The number of carbonyl (C=O) groups excluding carboxylic acids is 2. The van der Waals surface area contributed by atoms with Crippen molar-refractivity contribution in [3.05, 3.63) is 77.0 Å². The number of aromatic nitrogens is 1. The van der Waals surface area contributed by atoms with Crippen LogP contribution in [0.2, 0.25) is 0 Å². The van der Waals surface area contributed by atoms with Gasteiger partial charge in [0.05, 0.1) is 42.8 Å². The number of hydrogen-bond acceptors (Lipinski definition) is 6. The summed E-state index contributed by atoms with van der Waals surface area (Å²) in [5.41, 5.74) is 0.365. The first-order valence-corrected chi connectivity index (χ1v) is 10.1. The third kappa shape index (κ3) is 4.20. The van der Waals surface area contributed by atoms with E-state index in [1.54, 1.807) is 25.1 Å². The van der Waals surface area contributed by atoms with Crippen LogP contribution in [0, 0.1) is 18.6 Å². The number of aryl methyl sites for hydroxylation is 1. The Morgan fingerprint density at radius 3 is 2.42 bits per heavy atom. The van der Waals surface area contributed by atoms with E-state index < -0.39 is 41.9 Å².